The van der Waals surface area contributed by atoms with Gasteiger partial charge in [-0.2, -0.15) is 5.10 Å². The molecule has 1 saturated heterocycles. The second kappa shape index (κ2) is 8.52. The van der Waals surface area contributed by atoms with Crippen molar-refractivity contribution in [3.63, 3.8) is 0 Å². The number of hydrogen-bond donors (Lipinski definition) is 1. The van der Waals surface area contributed by atoms with Gasteiger partial charge in [-0.25, -0.2) is 4.68 Å². The predicted molar refractivity (Wildman–Crippen MR) is 121 cm³/mol. The fourth-order valence-electron chi connectivity index (χ4n) is 4.99. The summed E-state index contributed by atoms with van der Waals surface area (Å²) in [5.41, 5.74) is 7.50. The summed E-state index contributed by atoms with van der Waals surface area (Å²) in [6, 6.07) is 4.61. The number of carbonyl (C=O) groups is 1. The summed E-state index contributed by atoms with van der Waals surface area (Å²) in [6.45, 7) is 14.9. The second-order valence-electron chi connectivity index (χ2n) is 9.09. The molecule has 4 rings (SSSR count). The Kier molecular flexibility index (Phi) is 5.98. The van der Waals surface area contributed by atoms with E-state index in [1.807, 2.05) is 4.68 Å². The number of amides is 1. The molecule has 1 aromatic heterocycles. The SMILES string of the molecule is CCCn1nc(C)c2c1NC(=O)CC2c1cc(C)cc(CN2CCN(C)CC2)c1C. The Bertz CT molecular complexity index is 940. The van der Waals surface area contributed by atoms with Crippen molar-refractivity contribution < 1.29 is 4.79 Å². The van der Waals surface area contributed by atoms with Crippen LogP contribution in [0.5, 0.6) is 0 Å². The maximum atomic E-state index is 12.6. The van der Waals surface area contributed by atoms with Crippen LogP contribution in [-0.2, 0) is 17.9 Å². The molecule has 2 aliphatic heterocycles. The highest BCUT2D eigenvalue weighted by Gasteiger charge is 2.33. The van der Waals surface area contributed by atoms with Gasteiger partial charge >= 0.3 is 0 Å². The molecule has 1 fully saturated rings. The van der Waals surface area contributed by atoms with Crippen LogP contribution >= 0.6 is 0 Å². The lowest BCUT2D eigenvalue weighted by atomic mass is 9.81. The van der Waals surface area contributed by atoms with E-state index in [9.17, 15) is 4.79 Å². The van der Waals surface area contributed by atoms with E-state index in [0.29, 0.717) is 6.42 Å². The smallest absolute Gasteiger partial charge is 0.226 e. The lowest BCUT2D eigenvalue weighted by Crippen LogP contribution is -2.44. The first-order chi connectivity index (χ1) is 14.4. The highest BCUT2D eigenvalue weighted by molar-refractivity contribution is 5.94. The maximum absolute atomic E-state index is 12.6. The van der Waals surface area contributed by atoms with Gasteiger partial charge in [0.1, 0.15) is 5.82 Å². The lowest BCUT2D eigenvalue weighted by Gasteiger charge is -2.33. The average Bonchev–Trinajstić information content (AvgIpc) is 3.01. The van der Waals surface area contributed by atoms with E-state index in [0.717, 1.165) is 57.2 Å². The first-order valence-corrected chi connectivity index (χ1v) is 11.3. The minimum Gasteiger partial charge on any atom is -0.311 e. The van der Waals surface area contributed by atoms with E-state index in [1.165, 1.54) is 27.8 Å². The Morgan fingerprint density at radius 3 is 2.57 bits per heavy atom. The van der Waals surface area contributed by atoms with Crippen molar-refractivity contribution in [3.05, 3.63) is 45.6 Å². The molecule has 162 valence electrons. The zero-order valence-electron chi connectivity index (χ0n) is 19.1. The van der Waals surface area contributed by atoms with E-state index < -0.39 is 0 Å². The number of carbonyl (C=O) groups excluding carboxylic acids is 1. The molecule has 2 aliphatic rings. The molecule has 6 nitrogen and oxygen atoms in total. The molecule has 1 amide bonds. The normalized spacial score (nSPS) is 20.3. The molecular weight excluding hydrogens is 374 g/mol. The van der Waals surface area contributed by atoms with Crippen LogP contribution in [0.3, 0.4) is 0 Å². The summed E-state index contributed by atoms with van der Waals surface area (Å²) in [4.78, 5) is 17.6. The molecule has 30 heavy (non-hydrogen) atoms. The van der Waals surface area contributed by atoms with Crippen molar-refractivity contribution in [1.29, 1.82) is 0 Å². The van der Waals surface area contributed by atoms with Gasteiger partial charge in [-0.1, -0.05) is 24.6 Å². The van der Waals surface area contributed by atoms with E-state index in [4.69, 9.17) is 5.10 Å². The Labute approximate surface area is 180 Å². The standard InChI is InChI=1S/C24H35N5O/c1-6-7-29-24-23(18(4)26-29)21(14-22(30)25-24)20-13-16(2)12-19(17(20)3)15-28-10-8-27(5)9-11-28/h12-13,21H,6-11,14-15H2,1-5H3,(H,25,30). The van der Waals surface area contributed by atoms with E-state index >= 15 is 0 Å². The minimum absolute atomic E-state index is 0.0745. The number of aryl methyl sites for hydroxylation is 3. The summed E-state index contributed by atoms with van der Waals surface area (Å²) in [5, 5.41) is 7.86. The number of rotatable bonds is 5. The number of likely N-dealkylation sites (N-methyl/N-ethyl adjacent to an activating group) is 1. The number of piperazine rings is 1. The van der Waals surface area contributed by atoms with Crippen LogP contribution in [0.4, 0.5) is 5.82 Å². The van der Waals surface area contributed by atoms with Crippen LogP contribution in [0.25, 0.3) is 0 Å². The van der Waals surface area contributed by atoms with Gasteiger partial charge in [0.05, 0.1) is 5.69 Å². The van der Waals surface area contributed by atoms with Crippen molar-refractivity contribution in [1.82, 2.24) is 19.6 Å². The highest BCUT2D eigenvalue weighted by atomic mass is 16.1. The predicted octanol–water partition coefficient (Wildman–Crippen LogP) is 3.44. The van der Waals surface area contributed by atoms with Crippen LogP contribution in [0.2, 0.25) is 0 Å². The first kappa shape index (κ1) is 21.1. The number of anilines is 1. The summed E-state index contributed by atoms with van der Waals surface area (Å²) >= 11 is 0. The van der Waals surface area contributed by atoms with Gasteiger partial charge < -0.3 is 10.2 Å². The fraction of sp³-hybridized carbons (Fsp3) is 0.583. The van der Waals surface area contributed by atoms with Crippen molar-refractivity contribution in [2.45, 2.75) is 59.5 Å². The van der Waals surface area contributed by atoms with Gasteiger partial charge in [0.15, 0.2) is 0 Å². The number of aromatic nitrogens is 2. The molecule has 0 saturated carbocycles. The molecule has 0 spiro atoms. The molecule has 0 bridgehead atoms. The monoisotopic (exact) mass is 409 g/mol. The molecule has 1 atom stereocenters. The Hall–Kier alpha value is -2.18. The third kappa shape index (κ3) is 4.03. The second-order valence-corrected chi connectivity index (χ2v) is 9.09. The molecule has 1 aromatic carbocycles. The van der Waals surface area contributed by atoms with Crippen LogP contribution in [0.15, 0.2) is 12.1 Å². The number of fused-ring (bicyclic) bond motifs is 1. The first-order valence-electron chi connectivity index (χ1n) is 11.3. The van der Waals surface area contributed by atoms with Crippen molar-refractivity contribution in [2.24, 2.45) is 0 Å². The number of nitrogens with zero attached hydrogens (tertiary/aromatic N) is 4. The zero-order chi connectivity index (χ0) is 21.4. The molecule has 6 heteroatoms. The summed E-state index contributed by atoms with van der Waals surface area (Å²) in [5.74, 6) is 1.06. The van der Waals surface area contributed by atoms with E-state index in [2.05, 4.69) is 62.0 Å². The van der Waals surface area contributed by atoms with Crippen molar-refractivity contribution >= 4 is 11.7 Å². The molecule has 1 N–H and O–H groups in total. The van der Waals surface area contributed by atoms with Crippen molar-refractivity contribution in [2.75, 3.05) is 38.5 Å². The largest absolute Gasteiger partial charge is 0.311 e. The Morgan fingerprint density at radius 1 is 1.13 bits per heavy atom. The quantitative estimate of drug-likeness (QED) is 0.822. The van der Waals surface area contributed by atoms with Gasteiger partial charge in [0.2, 0.25) is 5.91 Å². The van der Waals surface area contributed by atoms with Crippen LogP contribution in [-0.4, -0.2) is 58.7 Å². The number of nitrogens with one attached hydrogen (secondary N) is 1. The number of benzene rings is 1. The summed E-state index contributed by atoms with van der Waals surface area (Å²) < 4.78 is 1.98. The molecule has 2 aromatic rings. The van der Waals surface area contributed by atoms with E-state index in [-0.39, 0.29) is 11.8 Å². The van der Waals surface area contributed by atoms with Crippen LogP contribution < -0.4 is 5.32 Å². The highest BCUT2D eigenvalue weighted by Crippen LogP contribution is 2.41. The molecule has 1 unspecified atom stereocenters. The topological polar surface area (TPSA) is 53.4 Å². The average molecular weight is 410 g/mol. The van der Waals surface area contributed by atoms with E-state index in [1.54, 1.807) is 0 Å². The zero-order valence-corrected chi connectivity index (χ0v) is 19.1. The van der Waals surface area contributed by atoms with Gasteiger partial charge in [0, 0.05) is 57.2 Å². The third-order valence-corrected chi connectivity index (χ3v) is 6.67. The van der Waals surface area contributed by atoms with Crippen LogP contribution in [0.1, 0.15) is 59.2 Å². The Morgan fingerprint density at radius 2 is 1.87 bits per heavy atom. The van der Waals surface area contributed by atoms with Crippen LogP contribution in [0, 0.1) is 20.8 Å². The molecule has 0 aliphatic carbocycles. The number of hydrogen-bond acceptors (Lipinski definition) is 4. The van der Waals surface area contributed by atoms with Gasteiger partial charge in [-0.3, -0.25) is 9.69 Å². The summed E-state index contributed by atoms with van der Waals surface area (Å²) in [7, 11) is 2.19. The molecular formula is C24H35N5O. The van der Waals surface area contributed by atoms with Gasteiger partial charge in [0.25, 0.3) is 0 Å². The molecule has 0 radical (unpaired) electrons. The van der Waals surface area contributed by atoms with Crippen molar-refractivity contribution in [3.8, 4) is 0 Å². The molecule has 3 heterocycles. The third-order valence-electron chi connectivity index (χ3n) is 6.67. The Balaban J connectivity index is 1.71. The van der Waals surface area contributed by atoms with Gasteiger partial charge in [-0.15, -0.1) is 0 Å². The van der Waals surface area contributed by atoms with Gasteiger partial charge in [-0.05, 0) is 50.9 Å². The lowest BCUT2D eigenvalue weighted by molar-refractivity contribution is -0.116. The summed E-state index contributed by atoms with van der Waals surface area (Å²) in [6.07, 6.45) is 1.48. The minimum atomic E-state index is 0.0745. The fourth-order valence-corrected chi connectivity index (χ4v) is 4.99. The maximum Gasteiger partial charge on any atom is 0.226 e.